The van der Waals surface area contributed by atoms with Gasteiger partial charge < -0.3 is 15.0 Å². The van der Waals surface area contributed by atoms with E-state index in [-0.39, 0.29) is 30.4 Å². The Kier molecular flexibility index (Phi) is 7.54. The van der Waals surface area contributed by atoms with Crippen LogP contribution in [-0.4, -0.2) is 49.6 Å². The molecular weight excluding hydrogens is 220 g/mol. The van der Waals surface area contributed by atoms with E-state index < -0.39 is 0 Å². The minimum Gasteiger partial charge on any atom is -0.469 e. The molecule has 2 unspecified atom stereocenters. The van der Waals surface area contributed by atoms with E-state index in [9.17, 15) is 9.59 Å². The molecule has 0 aliphatic rings. The number of rotatable bonds is 7. The molecule has 0 aromatic heterocycles. The second kappa shape index (κ2) is 8.06. The van der Waals surface area contributed by atoms with Gasteiger partial charge in [0, 0.05) is 19.1 Å². The second-order valence-corrected chi connectivity index (χ2v) is 4.05. The number of esters is 1. The van der Waals surface area contributed by atoms with Crippen molar-refractivity contribution in [1.29, 1.82) is 0 Å². The van der Waals surface area contributed by atoms with Crippen molar-refractivity contribution in [1.82, 2.24) is 10.2 Å². The summed E-state index contributed by atoms with van der Waals surface area (Å²) < 4.78 is 4.66. The molecule has 0 rings (SSSR count). The Hall–Kier alpha value is -1.10. The SMILES string of the molecule is CCN(CC)C(=O)CNC(C)C(C)C(=O)OC. The molecule has 0 spiro atoms. The summed E-state index contributed by atoms with van der Waals surface area (Å²) in [6.07, 6.45) is 0. The summed E-state index contributed by atoms with van der Waals surface area (Å²) >= 11 is 0. The van der Waals surface area contributed by atoms with E-state index in [1.54, 1.807) is 11.8 Å². The van der Waals surface area contributed by atoms with E-state index in [4.69, 9.17) is 0 Å². The summed E-state index contributed by atoms with van der Waals surface area (Å²) in [5, 5.41) is 3.05. The number of hydrogen-bond acceptors (Lipinski definition) is 4. The van der Waals surface area contributed by atoms with E-state index in [0.29, 0.717) is 13.1 Å². The lowest BCUT2D eigenvalue weighted by Crippen LogP contribution is -2.44. The van der Waals surface area contributed by atoms with Gasteiger partial charge in [-0.25, -0.2) is 0 Å². The minimum absolute atomic E-state index is 0.0546. The number of nitrogens with zero attached hydrogens (tertiary/aromatic N) is 1. The van der Waals surface area contributed by atoms with Crippen LogP contribution in [0.15, 0.2) is 0 Å². The third kappa shape index (κ3) is 5.17. The number of carbonyl (C=O) groups is 2. The molecule has 0 fully saturated rings. The van der Waals surface area contributed by atoms with E-state index in [1.807, 2.05) is 20.8 Å². The Morgan fingerprint density at radius 2 is 1.76 bits per heavy atom. The fourth-order valence-corrected chi connectivity index (χ4v) is 1.50. The maximum absolute atomic E-state index is 11.7. The molecule has 5 heteroatoms. The molecule has 0 aliphatic heterocycles. The average molecular weight is 244 g/mol. The van der Waals surface area contributed by atoms with Crippen LogP contribution in [0.2, 0.25) is 0 Å². The Morgan fingerprint density at radius 3 is 2.18 bits per heavy atom. The molecule has 0 heterocycles. The highest BCUT2D eigenvalue weighted by Gasteiger charge is 2.21. The maximum Gasteiger partial charge on any atom is 0.309 e. The zero-order chi connectivity index (χ0) is 13.4. The Bertz CT molecular complexity index is 252. The van der Waals surface area contributed by atoms with Crippen molar-refractivity contribution < 1.29 is 14.3 Å². The number of amides is 1. The van der Waals surface area contributed by atoms with Gasteiger partial charge in [0.25, 0.3) is 0 Å². The van der Waals surface area contributed by atoms with Crippen molar-refractivity contribution >= 4 is 11.9 Å². The standard InChI is InChI=1S/C12H24N2O3/c1-6-14(7-2)11(15)8-13-10(4)9(3)12(16)17-5/h9-10,13H,6-8H2,1-5H3. The number of ether oxygens (including phenoxy) is 1. The first-order chi connectivity index (χ1) is 7.97. The predicted octanol–water partition coefficient (Wildman–Crippen LogP) is 0.642. The van der Waals surface area contributed by atoms with Crippen molar-refractivity contribution in [2.45, 2.75) is 33.7 Å². The fourth-order valence-electron chi connectivity index (χ4n) is 1.50. The van der Waals surface area contributed by atoms with Gasteiger partial charge in [-0.15, -0.1) is 0 Å². The molecule has 0 radical (unpaired) electrons. The molecule has 0 aromatic carbocycles. The largest absolute Gasteiger partial charge is 0.469 e. The minimum atomic E-state index is -0.264. The van der Waals surface area contributed by atoms with Crippen LogP contribution in [-0.2, 0) is 14.3 Å². The van der Waals surface area contributed by atoms with Crippen LogP contribution in [0.4, 0.5) is 0 Å². The zero-order valence-corrected chi connectivity index (χ0v) is 11.4. The number of carbonyl (C=O) groups excluding carboxylic acids is 2. The molecule has 1 amide bonds. The van der Waals surface area contributed by atoms with Crippen LogP contribution in [0.5, 0.6) is 0 Å². The number of methoxy groups -OCH3 is 1. The Morgan fingerprint density at radius 1 is 1.24 bits per heavy atom. The van der Waals surface area contributed by atoms with Gasteiger partial charge in [-0.2, -0.15) is 0 Å². The van der Waals surface area contributed by atoms with E-state index in [1.165, 1.54) is 7.11 Å². The number of hydrogen-bond donors (Lipinski definition) is 1. The van der Waals surface area contributed by atoms with Crippen LogP contribution in [0.3, 0.4) is 0 Å². The fraction of sp³-hybridized carbons (Fsp3) is 0.833. The van der Waals surface area contributed by atoms with Gasteiger partial charge in [0.2, 0.25) is 5.91 Å². The van der Waals surface area contributed by atoms with Crippen molar-refractivity contribution in [2.24, 2.45) is 5.92 Å². The zero-order valence-electron chi connectivity index (χ0n) is 11.4. The quantitative estimate of drug-likeness (QED) is 0.668. The molecule has 0 aliphatic carbocycles. The van der Waals surface area contributed by atoms with Gasteiger partial charge in [-0.05, 0) is 20.8 Å². The van der Waals surface area contributed by atoms with Crippen LogP contribution in [0.25, 0.3) is 0 Å². The predicted molar refractivity (Wildman–Crippen MR) is 66.6 cm³/mol. The van der Waals surface area contributed by atoms with Gasteiger partial charge >= 0.3 is 5.97 Å². The maximum atomic E-state index is 11.7. The molecular formula is C12H24N2O3. The topological polar surface area (TPSA) is 58.6 Å². The molecule has 0 saturated heterocycles. The van der Waals surface area contributed by atoms with E-state index >= 15 is 0 Å². The average Bonchev–Trinajstić information content (AvgIpc) is 2.35. The van der Waals surface area contributed by atoms with Gasteiger partial charge in [-0.3, -0.25) is 9.59 Å². The lowest BCUT2D eigenvalue weighted by molar-refractivity contribution is -0.146. The van der Waals surface area contributed by atoms with Gasteiger partial charge in [-0.1, -0.05) is 6.92 Å². The third-order valence-corrected chi connectivity index (χ3v) is 3.01. The highest BCUT2D eigenvalue weighted by Crippen LogP contribution is 2.04. The first kappa shape index (κ1) is 15.9. The first-order valence-corrected chi connectivity index (χ1v) is 6.06. The number of likely N-dealkylation sites (N-methyl/N-ethyl adjacent to an activating group) is 1. The highest BCUT2D eigenvalue weighted by atomic mass is 16.5. The molecule has 1 N–H and O–H groups in total. The van der Waals surface area contributed by atoms with Crippen LogP contribution in [0, 0.1) is 5.92 Å². The summed E-state index contributed by atoms with van der Waals surface area (Å²) in [4.78, 5) is 24.8. The summed E-state index contributed by atoms with van der Waals surface area (Å²) in [7, 11) is 1.37. The Labute approximate surface area is 103 Å². The molecule has 0 saturated carbocycles. The smallest absolute Gasteiger partial charge is 0.309 e. The molecule has 5 nitrogen and oxygen atoms in total. The molecule has 0 aromatic rings. The third-order valence-electron chi connectivity index (χ3n) is 3.01. The van der Waals surface area contributed by atoms with Gasteiger partial charge in [0.1, 0.15) is 0 Å². The Balaban J connectivity index is 4.11. The molecule has 2 atom stereocenters. The second-order valence-electron chi connectivity index (χ2n) is 4.05. The normalized spacial score (nSPS) is 13.9. The van der Waals surface area contributed by atoms with Gasteiger partial charge in [0.05, 0.1) is 19.6 Å². The lowest BCUT2D eigenvalue weighted by Gasteiger charge is -2.22. The van der Waals surface area contributed by atoms with E-state index in [0.717, 1.165) is 0 Å². The number of nitrogens with one attached hydrogen (secondary N) is 1. The highest BCUT2D eigenvalue weighted by molar-refractivity contribution is 5.78. The molecule has 0 bridgehead atoms. The van der Waals surface area contributed by atoms with Crippen molar-refractivity contribution in [3.63, 3.8) is 0 Å². The van der Waals surface area contributed by atoms with Crippen LogP contribution in [0.1, 0.15) is 27.7 Å². The summed E-state index contributed by atoms with van der Waals surface area (Å²) in [5.41, 5.74) is 0. The monoisotopic (exact) mass is 244 g/mol. The van der Waals surface area contributed by atoms with Crippen molar-refractivity contribution in [3.05, 3.63) is 0 Å². The summed E-state index contributed by atoms with van der Waals surface area (Å²) in [5.74, 6) is -0.469. The summed E-state index contributed by atoms with van der Waals surface area (Å²) in [6.45, 7) is 9.21. The van der Waals surface area contributed by atoms with E-state index in [2.05, 4.69) is 10.1 Å². The molecule has 17 heavy (non-hydrogen) atoms. The van der Waals surface area contributed by atoms with Crippen molar-refractivity contribution in [3.8, 4) is 0 Å². The summed E-state index contributed by atoms with van der Waals surface area (Å²) in [6, 6.07) is -0.0815. The molecule has 100 valence electrons. The van der Waals surface area contributed by atoms with Crippen LogP contribution >= 0.6 is 0 Å². The first-order valence-electron chi connectivity index (χ1n) is 6.06. The lowest BCUT2D eigenvalue weighted by atomic mass is 10.0. The van der Waals surface area contributed by atoms with Gasteiger partial charge in [0.15, 0.2) is 0 Å². The van der Waals surface area contributed by atoms with Crippen LogP contribution < -0.4 is 5.32 Å². The van der Waals surface area contributed by atoms with Crippen molar-refractivity contribution in [2.75, 3.05) is 26.7 Å².